The topological polar surface area (TPSA) is 47.0 Å². The number of sulfone groups is 1. The molecule has 0 spiro atoms. The summed E-state index contributed by atoms with van der Waals surface area (Å²) in [4.78, 5) is 4.55. The van der Waals surface area contributed by atoms with Gasteiger partial charge in [-0.05, 0) is 31.0 Å². The molecule has 1 aliphatic rings. The fraction of sp³-hybridized carbons (Fsp3) is 0.417. The normalized spacial score (nSPS) is 22.6. The Hall–Kier alpha value is -0.590. The molecule has 0 aliphatic carbocycles. The van der Waals surface area contributed by atoms with Gasteiger partial charge in [-0.2, -0.15) is 0 Å². The van der Waals surface area contributed by atoms with Crippen LogP contribution < -0.4 is 0 Å². The first kappa shape index (κ1) is 12.4. The lowest BCUT2D eigenvalue weighted by Crippen LogP contribution is -2.05. The number of aromatic nitrogens is 1. The van der Waals surface area contributed by atoms with Crippen LogP contribution in [0.3, 0.4) is 0 Å². The number of nitrogens with zero attached hydrogens (tertiary/aromatic N) is 1. The molecule has 1 aliphatic heterocycles. The van der Waals surface area contributed by atoms with Gasteiger partial charge < -0.3 is 0 Å². The van der Waals surface area contributed by atoms with Crippen molar-refractivity contribution >= 4 is 43.2 Å². The van der Waals surface area contributed by atoms with E-state index < -0.39 is 9.84 Å². The molecule has 1 saturated heterocycles. The molecule has 6 heteroatoms. The van der Waals surface area contributed by atoms with Crippen LogP contribution in [0.4, 0.5) is 0 Å². The highest BCUT2D eigenvalue weighted by Gasteiger charge is 2.29. The van der Waals surface area contributed by atoms with Crippen molar-refractivity contribution in [2.24, 2.45) is 0 Å². The molecule has 0 radical (unpaired) electrons. The van der Waals surface area contributed by atoms with Gasteiger partial charge in [0.2, 0.25) is 0 Å². The largest absolute Gasteiger partial charge is 0.230 e. The Morgan fingerprint density at radius 3 is 3.00 bits per heavy atom. The average Bonchev–Trinajstić information content (AvgIpc) is 2.81. The van der Waals surface area contributed by atoms with Crippen molar-refractivity contribution in [3.63, 3.8) is 0 Å². The van der Waals surface area contributed by atoms with Crippen LogP contribution >= 0.6 is 23.1 Å². The molecule has 0 bridgehead atoms. The van der Waals surface area contributed by atoms with Gasteiger partial charge in [-0.3, -0.25) is 0 Å². The maximum absolute atomic E-state index is 11.4. The molecule has 0 saturated carbocycles. The lowest BCUT2D eigenvalue weighted by Gasteiger charge is -2.02. The van der Waals surface area contributed by atoms with E-state index in [0.29, 0.717) is 11.5 Å². The Morgan fingerprint density at radius 1 is 1.44 bits per heavy atom. The van der Waals surface area contributed by atoms with Crippen molar-refractivity contribution < 1.29 is 8.42 Å². The van der Waals surface area contributed by atoms with Crippen LogP contribution in [0.1, 0.15) is 12.0 Å². The summed E-state index contributed by atoms with van der Waals surface area (Å²) in [7, 11) is -2.80. The van der Waals surface area contributed by atoms with Crippen molar-refractivity contribution in [1.29, 1.82) is 0 Å². The zero-order valence-electron chi connectivity index (χ0n) is 9.92. The first-order valence-electron chi connectivity index (χ1n) is 5.76. The van der Waals surface area contributed by atoms with E-state index in [-0.39, 0.29) is 5.25 Å². The van der Waals surface area contributed by atoms with Crippen molar-refractivity contribution in [1.82, 2.24) is 4.98 Å². The summed E-state index contributed by atoms with van der Waals surface area (Å²) in [6, 6.07) is 6.20. The summed E-state index contributed by atoms with van der Waals surface area (Å²) in [5.41, 5.74) is 2.24. The Labute approximate surface area is 115 Å². The summed E-state index contributed by atoms with van der Waals surface area (Å²) in [5.74, 6) is 0.626. The second-order valence-electron chi connectivity index (χ2n) is 4.59. The van der Waals surface area contributed by atoms with Crippen molar-refractivity contribution in [2.45, 2.75) is 22.9 Å². The monoisotopic (exact) mass is 299 g/mol. The number of hydrogen-bond acceptors (Lipinski definition) is 5. The van der Waals surface area contributed by atoms with Gasteiger partial charge in [0.25, 0.3) is 0 Å². The standard InChI is InChI=1S/C12H13NO2S3/c1-8-2-3-10-11(6-8)17-12(13-10)16-9-4-5-18(14,15)7-9/h2-3,6,9H,4-5,7H2,1H3/t9-/m0/s1. The Balaban J connectivity index is 1.83. The minimum atomic E-state index is -2.80. The van der Waals surface area contributed by atoms with Crippen LogP contribution in [0, 0.1) is 6.92 Å². The van der Waals surface area contributed by atoms with Crippen molar-refractivity contribution in [3.05, 3.63) is 23.8 Å². The Morgan fingerprint density at radius 2 is 2.28 bits per heavy atom. The fourth-order valence-corrected chi connectivity index (χ4v) is 6.98. The van der Waals surface area contributed by atoms with Crippen LogP contribution in [0.25, 0.3) is 10.2 Å². The molecule has 1 fully saturated rings. The van der Waals surface area contributed by atoms with Gasteiger partial charge in [0.1, 0.15) is 0 Å². The number of rotatable bonds is 2. The van der Waals surface area contributed by atoms with E-state index in [0.717, 1.165) is 16.3 Å². The summed E-state index contributed by atoms with van der Waals surface area (Å²) < 4.78 is 25.0. The highest BCUT2D eigenvalue weighted by atomic mass is 32.2. The number of benzene rings is 1. The summed E-state index contributed by atoms with van der Waals surface area (Å²) in [6.45, 7) is 2.07. The second kappa shape index (κ2) is 4.51. The maximum Gasteiger partial charge on any atom is 0.151 e. The number of fused-ring (bicyclic) bond motifs is 1. The van der Waals surface area contributed by atoms with Gasteiger partial charge in [-0.1, -0.05) is 17.8 Å². The molecular weight excluding hydrogens is 286 g/mol. The molecule has 0 amide bonds. The first-order valence-corrected chi connectivity index (χ1v) is 9.28. The Bertz CT molecular complexity index is 690. The fourth-order valence-electron chi connectivity index (χ4n) is 2.06. The molecule has 0 unspecified atom stereocenters. The minimum Gasteiger partial charge on any atom is -0.230 e. The number of aryl methyl sites for hydroxylation is 1. The zero-order chi connectivity index (χ0) is 12.8. The third kappa shape index (κ3) is 2.55. The average molecular weight is 299 g/mol. The number of hydrogen-bond donors (Lipinski definition) is 0. The van der Waals surface area contributed by atoms with Crippen LogP contribution in [-0.2, 0) is 9.84 Å². The van der Waals surface area contributed by atoms with Gasteiger partial charge in [0.15, 0.2) is 14.2 Å². The van der Waals surface area contributed by atoms with E-state index in [2.05, 4.69) is 24.0 Å². The minimum absolute atomic E-state index is 0.177. The van der Waals surface area contributed by atoms with E-state index in [4.69, 9.17) is 0 Å². The third-order valence-electron chi connectivity index (χ3n) is 2.98. The molecule has 2 aromatic rings. The molecule has 18 heavy (non-hydrogen) atoms. The highest BCUT2D eigenvalue weighted by Crippen LogP contribution is 2.36. The molecule has 2 heterocycles. The van der Waals surface area contributed by atoms with E-state index in [1.165, 1.54) is 10.3 Å². The van der Waals surface area contributed by atoms with E-state index in [9.17, 15) is 8.42 Å². The maximum atomic E-state index is 11.4. The summed E-state index contributed by atoms with van der Waals surface area (Å²) >= 11 is 3.27. The summed E-state index contributed by atoms with van der Waals surface area (Å²) in [5, 5.41) is 0.177. The first-order chi connectivity index (χ1) is 8.52. The molecule has 1 atom stereocenters. The van der Waals surface area contributed by atoms with Gasteiger partial charge in [0, 0.05) is 5.25 Å². The molecule has 3 rings (SSSR count). The van der Waals surface area contributed by atoms with Crippen LogP contribution in [0.15, 0.2) is 22.5 Å². The van der Waals surface area contributed by atoms with Crippen LogP contribution in [0.2, 0.25) is 0 Å². The lowest BCUT2D eigenvalue weighted by atomic mass is 10.2. The predicted octanol–water partition coefficient (Wildman–Crippen LogP) is 2.88. The molecule has 0 N–H and O–H groups in total. The van der Waals surface area contributed by atoms with Crippen molar-refractivity contribution in [2.75, 3.05) is 11.5 Å². The van der Waals surface area contributed by atoms with Crippen LogP contribution in [-0.4, -0.2) is 30.2 Å². The van der Waals surface area contributed by atoms with E-state index in [1.54, 1.807) is 23.1 Å². The van der Waals surface area contributed by atoms with Crippen LogP contribution in [0.5, 0.6) is 0 Å². The summed E-state index contributed by atoms with van der Waals surface area (Å²) in [6.07, 6.45) is 0.752. The third-order valence-corrected chi connectivity index (χ3v) is 7.34. The SMILES string of the molecule is Cc1ccc2nc(S[C@H]3CCS(=O)(=O)C3)sc2c1. The molecule has 1 aromatic heterocycles. The smallest absolute Gasteiger partial charge is 0.151 e. The van der Waals surface area contributed by atoms with E-state index >= 15 is 0 Å². The number of thioether (sulfide) groups is 1. The molecule has 3 nitrogen and oxygen atoms in total. The van der Waals surface area contributed by atoms with Crippen molar-refractivity contribution in [3.8, 4) is 0 Å². The second-order valence-corrected chi connectivity index (χ2v) is 9.40. The van der Waals surface area contributed by atoms with Gasteiger partial charge in [-0.25, -0.2) is 13.4 Å². The zero-order valence-corrected chi connectivity index (χ0v) is 12.4. The highest BCUT2D eigenvalue weighted by molar-refractivity contribution is 8.03. The molecule has 1 aromatic carbocycles. The Kier molecular flexibility index (Phi) is 3.11. The quantitative estimate of drug-likeness (QED) is 0.855. The lowest BCUT2D eigenvalue weighted by molar-refractivity contribution is 0.602. The van der Waals surface area contributed by atoms with Gasteiger partial charge in [0.05, 0.1) is 21.7 Å². The number of thiazole rings is 1. The predicted molar refractivity (Wildman–Crippen MR) is 77.3 cm³/mol. The molecule has 96 valence electrons. The molecular formula is C12H13NO2S3. The van der Waals surface area contributed by atoms with Gasteiger partial charge in [-0.15, -0.1) is 11.3 Å². The van der Waals surface area contributed by atoms with E-state index in [1.807, 2.05) is 6.07 Å². The van der Waals surface area contributed by atoms with Gasteiger partial charge >= 0.3 is 0 Å².